The maximum Gasteiger partial charge on any atom is 0.417 e. The summed E-state index contributed by atoms with van der Waals surface area (Å²) in [4.78, 5) is 108. The Morgan fingerprint density at radius 1 is 0.835 bits per heavy atom. The minimum atomic E-state index is -4.98. The number of aromatic amines is 1. The topological polar surface area (TPSA) is 233 Å². The van der Waals surface area contributed by atoms with Crippen LogP contribution in [0.5, 0.6) is 0 Å². The molecular weight excluding hydrogens is 1190 g/mol. The van der Waals surface area contributed by atoms with Gasteiger partial charge in [-0.1, -0.05) is 76.8 Å². The lowest BCUT2D eigenvalue weighted by atomic mass is 9.85. The van der Waals surface area contributed by atoms with Crippen molar-refractivity contribution in [3.05, 3.63) is 122 Å². The summed E-state index contributed by atoms with van der Waals surface area (Å²) in [5, 5.41) is 19.2. The number of benzene rings is 2. The zero-order valence-electron chi connectivity index (χ0n) is 53.0. The maximum atomic E-state index is 16.3. The predicted molar refractivity (Wildman–Crippen MR) is 343 cm³/mol. The molecule has 0 radical (unpaired) electrons. The average molecular weight is 1280 g/mol. The highest BCUT2D eigenvalue weighted by Crippen LogP contribution is 2.38. The first kappa shape index (κ1) is 67.8. The van der Waals surface area contributed by atoms with E-state index in [1.807, 2.05) is 99.1 Å². The molecule has 5 aromatic rings. The monoisotopic (exact) mass is 1280 g/mol. The Labute approximate surface area is 532 Å². The van der Waals surface area contributed by atoms with E-state index in [4.69, 9.17) is 0 Å². The number of nitrogens with one attached hydrogen (secondary N) is 4. The van der Waals surface area contributed by atoms with Crippen molar-refractivity contribution in [3.8, 4) is 10.4 Å². The van der Waals surface area contributed by atoms with Gasteiger partial charge in [0, 0.05) is 139 Å². The number of β-amino-alcohol motifs (C(OH)–C–C–N with tert-alkyl or cyclic N) is 1. The van der Waals surface area contributed by atoms with Gasteiger partial charge in [0.25, 0.3) is 5.91 Å². The molecule has 3 saturated heterocycles. The van der Waals surface area contributed by atoms with Gasteiger partial charge in [-0.3, -0.25) is 38.6 Å². The highest BCUT2D eigenvalue weighted by atomic mass is 32.1. The van der Waals surface area contributed by atoms with Crippen molar-refractivity contribution < 1.29 is 46.6 Å². The highest BCUT2D eigenvalue weighted by Gasteiger charge is 2.45. The molecule has 2 aromatic carbocycles. The highest BCUT2D eigenvalue weighted by molar-refractivity contribution is 7.13. The normalized spacial score (nSPS) is 19.7. The molecule has 91 heavy (non-hydrogen) atoms. The molecular formula is C66H85F4N13O7S. The minimum Gasteiger partial charge on any atom is -0.391 e. The third kappa shape index (κ3) is 17.3. The van der Waals surface area contributed by atoms with E-state index in [0.29, 0.717) is 101 Å². The molecule has 0 spiro atoms. The Kier molecular flexibility index (Phi) is 22.2. The van der Waals surface area contributed by atoms with Crippen LogP contribution in [0, 0.1) is 18.2 Å². The van der Waals surface area contributed by atoms with E-state index in [-0.39, 0.29) is 67.0 Å². The number of anilines is 3. The van der Waals surface area contributed by atoms with Crippen LogP contribution in [-0.4, -0.2) is 170 Å². The fourth-order valence-corrected chi connectivity index (χ4v) is 13.2. The predicted octanol–water partition coefficient (Wildman–Crippen LogP) is 8.40. The van der Waals surface area contributed by atoms with Crippen LogP contribution < -0.4 is 31.3 Å². The smallest absolute Gasteiger partial charge is 0.391 e. The fraction of sp³-hybridized carbons (Fsp3) is 0.530. The van der Waals surface area contributed by atoms with Crippen molar-refractivity contribution in [1.82, 2.24) is 50.2 Å². The number of halogens is 4. The molecule has 20 nitrogen and oxygen atoms in total. The number of hydrogen-bond acceptors (Lipinski definition) is 15. The summed E-state index contributed by atoms with van der Waals surface area (Å²) in [5.41, 5.74) is 3.13. The molecule has 490 valence electrons. The van der Waals surface area contributed by atoms with Gasteiger partial charge in [-0.2, -0.15) is 13.2 Å². The second-order valence-corrected chi connectivity index (χ2v) is 26.6. The molecule has 4 aliphatic heterocycles. The van der Waals surface area contributed by atoms with Crippen LogP contribution in [-0.2, 0) is 38.4 Å². The van der Waals surface area contributed by atoms with E-state index in [9.17, 15) is 47.0 Å². The molecule has 0 bridgehead atoms. The van der Waals surface area contributed by atoms with E-state index < -0.39 is 64.1 Å². The van der Waals surface area contributed by atoms with Gasteiger partial charge in [0.05, 0.1) is 44.7 Å². The summed E-state index contributed by atoms with van der Waals surface area (Å²) in [6.45, 7) is 16.9. The van der Waals surface area contributed by atoms with Crippen LogP contribution in [0.25, 0.3) is 16.0 Å². The number of aromatic nitrogens is 4. The van der Waals surface area contributed by atoms with Crippen LogP contribution >= 0.6 is 11.3 Å². The number of thiazole rings is 1. The first-order valence-corrected chi connectivity index (χ1v) is 32.4. The number of aliphatic hydroxyl groups is 1. The van der Waals surface area contributed by atoms with Gasteiger partial charge in [0.2, 0.25) is 35.1 Å². The van der Waals surface area contributed by atoms with E-state index in [1.54, 1.807) is 23.7 Å². The lowest BCUT2D eigenvalue weighted by Crippen LogP contribution is -2.57. The van der Waals surface area contributed by atoms with Crippen LogP contribution in [0.3, 0.4) is 0 Å². The number of alkyl halides is 3. The van der Waals surface area contributed by atoms with E-state index >= 15 is 4.39 Å². The molecule has 5 atom stereocenters. The first-order chi connectivity index (χ1) is 43.3. The SMILES string of the molecule is Cc1ncsc1-c1ccc(CNC(=O)[C@@H]2C[C@@H](O)CN2C(=O)C(NC(=O)CCCCCCCCC(=O)N2CCN(Cc3cnc(N4CC=C(c5cc(NC(=O)c6c[nH]c(=O)cc6C(F)(F)F)c(N6C[C@@H](C)N(C)[C@@H](C)C6)cc5F)CC4)nc3)CC2)C(C)(C)C)cc1. The number of hydrogen-bond donors (Lipinski definition) is 5. The summed E-state index contributed by atoms with van der Waals surface area (Å²) in [7, 11) is 1.99. The van der Waals surface area contributed by atoms with Crippen molar-refractivity contribution in [2.75, 3.05) is 81.1 Å². The molecule has 1 unspecified atom stereocenters. The molecule has 4 aliphatic rings. The largest absolute Gasteiger partial charge is 0.417 e. The van der Waals surface area contributed by atoms with E-state index in [2.05, 4.69) is 45.7 Å². The Bertz CT molecular complexity index is 3460. The summed E-state index contributed by atoms with van der Waals surface area (Å²) in [6.07, 6.45) is 6.51. The number of likely N-dealkylation sites (tertiary alicyclic amines) is 1. The van der Waals surface area contributed by atoms with Crippen molar-refractivity contribution in [2.45, 2.75) is 155 Å². The van der Waals surface area contributed by atoms with Crippen molar-refractivity contribution in [3.63, 3.8) is 0 Å². The second-order valence-electron chi connectivity index (χ2n) is 25.7. The van der Waals surface area contributed by atoms with E-state index in [1.165, 1.54) is 17.0 Å². The zero-order chi connectivity index (χ0) is 65.3. The molecule has 0 saturated carbocycles. The zero-order valence-corrected chi connectivity index (χ0v) is 53.8. The number of nitrogens with zero attached hydrogens (tertiary/aromatic N) is 9. The molecule has 25 heteroatoms. The summed E-state index contributed by atoms with van der Waals surface area (Å²) in [6, 6.07) is 9.37. The van der Waals surface area contributed by atoms with E-state index in [0.717, 1.165) is 65.6 Å². The number of rotatable bonds is 22. The summed E-state index contributed by atoms with van der Waals surface area (Å²) < 4.78 is 58.4. The van der Waals surface area contributed by atoms with Crippen LogP contribution in [0.2, 0.25) is 0 Å². The summed E-state index contributed by atoms with van der Waals surface area (Å²) in [5.74, 6) is -2.01. The van der Waals surface area contributed by atoms with Crippen LogP contribution in [0.1, 0.15) is 137 Å². The van der Waals surface area contributed by atoms with Crippen molar-refractivity contribution >= 4 is 63.8 Å². The quantitative estimate of drug-likeness (QED) is 0.0324. The average Bonchev–Trinajstić information content (AvgIpc) is 1.29. The Morgan fingerprint density at radius 2 is 1.51 bits per heavy atom. The molecule has 7 heterocycles. The number of aliphatic hydroxyl groups excluding tert-OH is 1. The third-order valence-electron chi connectivity index (χ3n) is 17.9. The number of carbonyl (C=O) groups excluding carboxylic acids is 5. The standard InChI is InChI=1S/C66H85F4N13O7S/c1-41-36-82(37-42(2)78(41)7)54-31-52(67)49(29-53(54)76-61(88)50-35-71-57(86)30-51(50)66(68,69)70)46-20-22-81(23-21-46)64-73-33-45(34-74-64)38-79-24-26-80(27-25-79)58(87)15-13-11-9-8-10-12-14-56(85)77-60(65(4,5)6)63(90)83-39-48(84)28-55(83)62(89)72-32-44-16-18-47(19-17-44)59-43(3)75-40-91-59/h16-20,29-31,33-35,40-42,48,55,60,84H,8-15,21-28,32,36-39H2,1-7H3,(H,71,86)(H,72,89)(H,76,88)(H,77,85)/t41-,42+,48-,55+,60?/m1/s1. The van der Waals surface area contributed by atoms with Gasteiger partial charge in [0.15, 0.2) is 0 Å². The lowest BCUT2D eigenvalue weighted by molar-refractivity contribution is -0.144. The van der Waals surface area contributed by atoms with Crippen molar-refractivity contribution in [1.29, 1.82) is 0 Å². The van der Waals surface area contributed by atoms with Gasteiger partial charge in [-0.15, -0.1) is 11.3 Å². The number of carbonyl (C=O) groups is 5. The van der Waals surface area contributed by atoms with Crippen LogP contribution in [0.4, 0.5) is 34.9 Å². The van der Waals surface area contributed by atoms with Gasteiger partial charge < -0.3 is 45.6 Å². The molecule has 3 aromatic heterocycles. The Morgan fingerprint density at radius 3 is 2.13 bits per heavy atom. The second kappa shape index (κ2) is 29.8. The number of aryl methyl sites for hydroxylation is 1. The Hall–Kier alpha value is -7.61. The molecule has 5 N–H and O–H groups in total. The van der Waals surface area contributed by atoms with Crippen LogP contribution in [0.15, 0.2) is 77.4 Å². The number of unbranched alkanes of at least 4 members (excludes halogenated alkanes) is 5. The molecule has 3 fully saturated rings. The molecule has 0 aliphatic carbocycles. The maximum absolute atomic E-state index is 16.3. The van der Waals surface area contributed by atoms with Gasteiger partial charge in [0.1, 0.15) is 17.9 Å². The minimum absolute atomic E-state index is 0.0000443. The molecule has 5 amide bonds. The lowest BCUT2D eigenvalue weighted by Gasteiger charge is -2.44. The fourth-order valence-electron chi connectivity index (χ4n) is 12.4. The van der Waals surface area contributed by atoms with Gasteiger partial charge >= 0.3 is 6.18 Å². The number of H-pyrrole nitrogens is 1. The van der Waals surface area contributed by atoms with Gasteiger partial charge in [-0.25, -0.2) is 19.3 Å². The number of likely N-dealkylation sites (N-methyl/N-ethyl adjacent to an activating group) is 1. The summed E-state index contributed by atoms with van der Waals surface area (Å²) >= 11 is 1.57. The third-order valence-corrected chi connectivity index (χ3v) is 18.9. The Balaban J connectivity index is 0.672. The number of piperazine rings is 2. The first-order valence-electron chi connectivity index (χ1n) is 31.5. The van der Waals surface area contributed by atoms with Gasteiger partial charge in [-0.05, 0) is 81.3 Å². The van der Waals surface area contributed by atoms with Crippen molar-refractivity contribution in [2.24, 2.45) is 5.41 Å². The molecule has 9 rings (SSSR count). The number of pyridine rings is 1. The number of amides is 5.